The number of carboxylic acid groups (broad SMARTS) is 1. The number of rotatable bonds is 6. The highest BCUT2D eigenvalue weighted by Crippen LogP contribution is 2.23. The average Bonchev–Trinajstić information content (AvgIpc) is 2.76. The summed E-state index contributed by atoms with van der Waals surface area (Å²) in [7, 11) is 4.13. The number of benzene rings is 1. The van der Waals surface area contributed by atoms with E-state index in [1.807, 2.05) is 6.07 Å². The molecule has 0 atom stereocenters. The van der Waals surface area contributed by atoms with Gasteiger partial charge in [0.2, 0.25) is 0 Å². The number of carbonyl (C=O) groups is 1. The Hall–Kier alpha value is -1.88. The van der Waals surface area contributed by atoms with Gasteiger partial charge in [-0.2, -0.15) is 0 Å². The van der Waals surface area contributed by atoms with Crippen LogP contribution in [0.4, 0.5) is 0 Å². The zero-order valence-corrected chi connectivity index (χ0v) is 13.1. The highest BCUT2D eigenvalue weighted by Gasteiger charge is 2.15. The van der Waals surface area contributed by atoms with Crippen molar-refractivity contribution >= 4 is 17.0 Å². The molecule has 0 aliphatic rings. The van der Waals surface area contributed by atoms with Gasteiger partial charge in [-0.3, -0.25) is 0 Å². The molecule has 0 aliphatic heterocycles. The van der Waals surface area contributed by atoms with Gasteiger partial charge in [-0.15, -0.1) is 0 Å². The summed E-state index contributed by atoms with van der Waals surface area (Å²) in [4.78, 5) is 17.9. The van der Waals surface area contributed by atoms with Crippen molar-refractivity contribution < 1.29 is 9.90 Å². The predicted octanol–water partition coefficient (Wildman–Crippen LogP) is 2.81. The lowest BCUT2D eigenvalue weighted by atomic mass is 10.2. The first-order valence-electron chi connectivity index (χ1n) is 7.28. The number of nitrogens with zero attached hydrogens (tertiary/aromatic N) is 3. The molecule has 0 saturated heterocycles. The largest absolute Gasteiger partial charge is 0.478 e. The smallest absolute Gasteiger partial charge is 0.335 e. The van der Waals surface area contributed by atoms with E-state index in [2.05, 4.69) is 42.4 Å². The van der Waals surface area contributed by atoms with Crippen LogP contribution >= 0.6 is 0 Å². The molecule has 5 heteroatoms. The van der Waals surface area contributed by atoms with Crippen LogP contribution in [0.2, 0.25) is 0 Å². The van der Waals surface area contributed by atoms with Crippen molar-refractivity contribution in [2.24, 2.45) is 0 Å². The lowest BCUT2D eigenvalue weighted by Crippen LogP contribution is -2.16. The van der Waals surface area contributed by atoms with Crippen LogP contribution in [0, 0.1) is 0 Å². The maximum Gasteiger partial charge on any atom is 0.335 e. The van der Waals surface area contributed by atoms with Crippen LogP contribution in [-0.4, -0.2) is 46.2 Å². The number of carboxylic acids is 1. The standard InChI is InChI=1S/C16H23N3O2/c1-11(2)15-17-13-10-12(16(20)21)6-7-14(13)19(15)9-5-8-18(3)4/h6-7,10-11H,5,8-9H2,1-4H3,(H,20,21). The molecule has 0 fully saturated rings. The van der Waals surface area contributed by atoms with Crippen molar-refractivity contribution in [3.63, 3.8) is 0 Å². The van der Waals surface area contributed by atoms with Crippen molar-refractivity contribution in [1.82, 2.24) is 14.5 Å². The molecule has 2 aromatic rings. The number of aryl methyl sites for hydroxylation is 1. The van der Waals surface area contributed by atoms with Crippen LogP contribution in [0.15, 0.2) is 18.2 Å². The van der Waals surface area contributed by atoms with Gasteiger partial charge in [0.05, 0.1) is 16.6 Å². The van der Waals surface area contributed by atoms with Gasteiger partial charge in [0.1, 0.15) is 5.82 Å². The summed E-state index contributed by atoms with van der Waals surface area (Å²) in [5.41, 5.74) is 2.07. The SMILES string of the molecule is CC(C)c1nc2cc(C(=O)O)ccc2n1CCCN(C)C. The number of hydrogen-bond acceptors (Lipinski definition) is 3. The normalized spacial score (nSPS) is 11.7. The molecule has 114 valence electrons. The highest BCUT2D eigenvalue weighted by atomic mass is 16.4. The predicted molar refractivity (Wildman–Crippen MR) is 84.0 cm³/mol. The van der Waals surface area contributed by atoms with Crippen molar-refractivity contribution in [2.75, 3.05) is 20.6 Å². The lowest BCUT2D eigenvalue weighted by molar-refractivity contribution is 0.0697. The second kappa shape index (κ2) is 6.26. The highest BCUT2D eigenvalue weighted by molar-refractivity contribution is 5.92. The summed E-state index contributed by atoms with van der Waals surface area (Å²) < 4.78 is 2.22. The molecule has 1 aromatic heterocycles. The molecule has 1 N–H and O–H groups in total. The Balaban J connectivity index is 2.40. The second-order valence-corrected chi connectivity index (χ2v) is 5.94. The van der Waals surface area contributed by atoms with E-state index in [4.69, 9.17) is 5.11 Å². The van der Waals surface area contributed by atoms with E-state index in [1.165, 1.54) is 0 Å². The van der Waals surface area contributed by atoms with Crippen molar-refractivity contribution in [2.45, 2.75) is 32.7 Å². The monoisotopic (exact) mass is 289 g/mol. The molecule has 0 spiro atoms. The van der Waals surface area contributed by atoms with E-state index in [0.717, 1.165) is 36.4 Å². The molecular formula is C16H23N3O2. The Labute approximate surface area is 125 Å². The zero-order valence-electron chi connectivity index (χ0n) is 13.1. The molecule has 0 aliphatic carbocycles. The summed E-state index contributed by atoms with van der Waals surface area (Å²) in [5.74, 6) is 0.418. The fourth-order valence-corrected chi connectivity index (χ4v) is 2.50. The molecule has 1 heterocycles. The van der Waals surface area contributed by atoms with Crippen molar-refractivity contribution in [1.29, 1.82) is 0 Å². The second-order valence-electron chi connectivity index (χ2n) is 5.94. The molecule has 5 nitrogen and oxygen atoms in total. The minimum atomic E-state index is -0.912. The van der Waals surface area contributed by atoms with Gasteiger partial charge in [0, 0.05) is 12.5 Å². The molecule has 0 bridgehead atoms. The van der Waals surface area contributed by atoms with Gasteiger partial charge in [-0.25, -0.2) is 9.78 Å². The average molecular weight is 289 g/mol. The van der Waals surface area contributed by atoms with Crippen molar-refractivity contribution in [3.05, 3.63) is 29.6 Å². The minimum Gasteiger partial charge on any atom is -0.478 e. The summed E-state index contributed by atoms with van der Waals surface area (Å²) in [6, 6.07) is 5.18. The zero-order chi connectivity index (χ0) is 15.6. The number of aromatic carboxylic acids is 1. The van der Waals surface area contributed by atoms with E-state index in [-0.39, 0.29) is 5.56 Å². The maximum atomic E-state index is 11.1. The molecule has 1 aromatic carbocycles. The van der Waals surface area contributed by atoms with E-state index in [9.17, 15) is 4.79 Å². The van der Waals surface area contributed by atoms with Crippen LogP contribution in [0.3, 0.4) is 0 Å². The number of hydrogen-bond donors (Lipinski definition) is 1. The first-order chi connectivity index (χ1) is 9.90. The number of imidazole rings is 1. The van der Waals surface area contributed by atoms with E-state index in [1.54, 1.807) is 12.1 Å². The minimum absolute atomic E-state index is 0.288. The van der Waals surface area contributed by atoms with E-state index < -0.39 is 5.97 Å². The first-order valence-corrected chi connectivity index (χ1v) is 7.28. The Morgan fingerprint density at radius 3 is 2.67 bits per heavy atom. The third-order valence-electron chi connectivity index (χ3n) is 3.53. The summed E-state index contributed by atoms with van der Waals surface area (Å²) in [6.45, 7) is 6.14. The summed E-state index contributed by atoms with van der Waals surface area (Å²) in [6.07, 6.45) is 1.04. The Bertz CT molecular complexity index is 644. The van der Waals surface area contributed by atoms with Crippen LogP contribution < -0.4 is 0 Å². The third kappa shape index (κ3) is 3.42. The van der Waals surface area contributed by atoms with Gasteiger partial charge >= 0.3 is 5.97 Å². The van der Waals surface area contributed by atoms with Gasteiger partial charge in [-0.1, -0.05) is 13.8 Å². The summed E-state index contributed by atoms with van der Waals surface area (Å²) in [5, 5.41) is 9.09. The fraction of sp³-hybridized carbons (Fsp3) is 0.500. The Morgan fingerprint density at radius 1 is 1.38 bits per heavy atom. The van der Waals surface area contributed by atoms with E-state index >= 15 is 0 Å². The van der Waals surface area contributed by atoms with E-state index in [0.29, 0.717) is 5.92 Å². The Kier molecular flexibility index (Phi) is 4.63. The lowest BCUT2D eigenvalue weighted by Gasteiger charge is -2.13. The maximum absolute atomic E-state index is 11.1. The van der Waals surface area contributed by atoms with Crippen LogP contribution in [0.5, 0.6) is 0 Å². The van der Waals surface area contributed by atoms with Gasteiger partial charge in [-0.05, 0) is 45.3 Å². The molecule has 0 saturated carbocycles. The summed E-state index contributed by atoms with van der Waals surface area (Å²) >= 11 is 0. The molecule has 0 unspecified atom stereocenters. The van der Waals surface area contributed by atoms with Crippen LogP contribution in [-0.2, 0) is 6.54 Å². The third-order valence-corrected chi connectivity index (χ3v) is 3.53. The van der Waals surface area contributed by atoms with Gasteiger partial charge in [0.25, 0.3) is 0 Å². The van der Waals surface area contributed by atoms with Crippen molar-refractivity contribution in [3.8, 4) is 0 Å². The molecule has 0 radical (unpaired) electrons. The number of fused-ring (bicyclic) bond motifs is 1. The molecule has 21 heavy (non-hydrogen) atoms. The quantitative estimate of drug-likeness (QED) is 0.888. The molecule has 2 rings (SSSR count). The molecular weight excluding hydrogens is 266 g/mol. The fourth-order valence-electron chi connectivity index (χ4n) is 2.50. The Morgan fingerprint density at radius 2 is 2.10 bits per heavy atom. The van der Waals surface area contributed by atoms with Crippen LogP contribution in [0.1, 0.15) is 42.4 Å². The van der Waals surface area contributed by atoms with Crippen LogP contribution in [0.25, 0.3) is 11.0 Å². The topological polar surface area (TPSA) is 58.4 Å². The van der Waals surface area contributed by atoms with Gasteiger partial charge < -0.3 is 14.6 Å². The first kappa shape index (κ1) is 15.5. The molecule has 0 amide bonds. The van der Waals surface area contributed by atoms with Gasteiger partial charge in [0.15, 0.2) is 0 Å². The number of aromatic nitrogens is 2.